The van der Waals surface area contributed by atoms with Crippen molar-refractivity contribution in [2.75, 3.05) is 0 Å². The number of hydrogen-bond donors (Lipinski definition) is 1. The molecule has 4 atom stereocenters. The van der Waals surface area contributed by atoms with Crippen LogP contribution >= 0.6 is 23.2 Å². The fraction of sp³-hybridized carbons (Fsp3) is 0.480. The molecular weight excluding hydrogens is 399 g/mol. The quantitative estimate of drug-likeness (QED) is 0.515. The Hall–Kier alpha value is -1.53. The molecule has 1 fully saturated rings. The topological polar surface area (TPSA) is 35.8 Å². The summed E-state index contributed by atoms with van der Waals surface area (Å²) in [6, 6.07) is 19.2. The van der Waals surface area contributed by atoms with E-state index in [9.17, 15) is 5.26 Å². The van der Waals surface area contributed by atoms with Gasteiger partial charge in [-0.25, -0.2) is 0 Å². The molecule has 0 saturated carbocycles. The molecule has 1 N–H and O–H groups in total. The van der Waals surface area contributed by atoms with Crippen LogP contribution in [0, 0.1) is 22.7 Å². The summed E-state index contributed by atoms with van der Waals surface area (Å²) in [6.45, 7) is 6.79. The Labute approximate surface area is 185 Å². The van der Waals surface area contributed by atoms with Gasteiger partial charge in [-0.15, -0.1) is 0 Å². The van der Waals surface area contributed by atoms with Gasteiger partial charge >= 0.3 is 0 Å². The Morgan fingerprint density at radius 2 is 1.76 bits per heavy atom. The van der Waals surface area contributed by atoms with Gasteiger partial charge < -0.3 is 5.32 Å². The summed E-state index contributed by atoms with van der Waals surface area (Å²) in [5.41, 5.74) is 2.35. The normalized spacial score (nSPS) is 27.0. The molecule has 1 unspecified atom stereocenters. The summed E-state index contributed by atoms with van der Waals surface area (Å²) in [4.78, 5) is 0. The molecule has 0 aromatic heterocycles. The lowest BCUT2D eigenvalue weighted by molar-refractivity contribution is 0.0664. The van der Waals surface area contributed by atoms with E-state index in [-0.39, 0.29) is 23.4 Å². The Kier molecular flexibility index (Phi) is 7.28. The number of rotatable bonds is 6. The monoisotopic (exact) mass is 428 g/mol. The molecule has 29 heavy (non-hydrogen) atoms. The molecule has 0 spiro atoms. The average molecular weight is 429 g/mol. The second-order valence-corrected chi connectivity index (χ2v) is 9.48. The zero-order valence-electron chi connectivity index (χ0n) is 17.5. The minimum atomic E-state index is -0.0959. The minimum absolute atomic E-state index is 0.0959. The molecule has 4 heteroatoms. The summed E-state index contributed by atoms with van der Waals surface area (Å²) in [7, 11) is 0. The number of nitriles is 1. The lowest BCUT2D eigenvalue weighted by atomic mass is 9.61. The lowest BCUT2D eigenvalue weighted by Crippen LogP contribution is -2.55. The fourth-order valence-corrected chi connectivity index (χ4v) is 5.46. The summed E-state index contributed by atoms with van der Waals surface area (Å²) in [6.07, 6.45) is 3.70. The first-order chi connectivity index (χ1) is 13.9. The number of nitrogens with one attached hydrogen (secondary N) is 1. The Bertz CT molecular complexity index is 854. The molecule has 1 heterocycles. The predicted molar refractivity (Wildman–Crippen MR) is 122 cm³/mol. The van der Waals surface area contributed by atoms with Gasteiger partial charge in [-0.05, 0) is 53.1 Å². The highest BCUT2D eigenvalue weighted by molar-refractivity contribution is 6.30. The van der Waals surface area contributed by atoms with Crippen molar-refractivity contribution < 1.29 is 0 Å². The van der Waals surface area contributed by atoms with Gasteiger partial charge in [0.25, 0.3) is 0 Å². The van der Waals surface area contributed by atoms with Crippen LogP contribution in [-0.2, 0) is 0 Å². The molecule has 0 radical (unpaired) electrons. The first kappa shape index (κ1) is 22.2. The van der Waals surface area contributed by atoms with Gasteiger partial charge in [-0.2, -0.15) is 5.26 Å². The maximum absolute atomic E-state index is 9.63. The van der Waals surface area contributed by atoms with Crippen molar-refractivity contribution in [3.63, 3.8) is 0 Å². The fourth-order valence-electron chi connectivity index (χ4n) is 5.13. The van der Waals surface area contributed by atoms with Crippen LogP contribution in [0.2, 0.25) is 10.0 Å². The van der Waals surface area contributed by atoms with Crippen LogP contribution in [0.3, 0.4) is 0 Å². The summed E-state index contributed by atoms with van der Waals surface area (Å²) in [5.74, 6) is 0.766. The van der Waals surface area contributed by atoms with Crippen LogP contribution in [0.1, 0.15) is 69.5 Å². The van der Waals surface area contributed by atoms with Crippen molar-refractivity contribution in [3.05, 3.63) is 69.7 Å². The number of benzene rings is 2. The maximum atomic E-state index is 9.63. The molecule has 2 nitrogen and oxygen atoms in total. The van der Waals surface area contributed by atoms with E-state index in [2.05, 4.69) is 56.4 Å². The van der Waals surface area contributed by atoms with Crippen LogP contribution in [0.15, 0.2) is 48.5 Å². The summed E-state index contributed by atoms with van der Waals surface area (Å²) in [5, 5.41) is 15.1. The van der Waals surface area contributed by atoms with Crippen LogP contribution in [0.25, 0.3) is 0 Å². The molecule has 1 aliphatic heterocycles. The van der Waals surface area contributed by atoms with Crippen molar-refractivity contribution in [3.8, 4) is 6.07 Å². The van der Waals surface area contributed by atoms with E-state index in [0.717, 1.165) is 29.3 Å². The first-order valence-corrected chi connectivity index (χ1v) is 11.3. The maximum Gasteiger partial charge on any atom is 0.0628 e. The van der Waals surface area contributed by atoms with Crippen molar-refractivity contribution in [1.82, 2.24) is 5.32 Å². The van der Waals surface area contributed by atoms with Gasteiger partial charge in [0.1, 0.15) is 0 Å². The third-order valence-corrected chi connectivity index (χ3v) is 7.19. The molecule has 2 aromatic rings. The third-order valence-electron chi connectivity index (χ3n) is 6.71. The first-order valence-electron chi connectivity index (χ1n) is 10.6. The van der Waals surface area contributed by atoms with Crippen LogP contribution in [0.4, 0.5) is 0 Å². The predicted octanol–water partition coefficient (Wildman–Crippen LogP) is 7.54. The smallest absolute Gasteiger partial charge is 0.0628 e. The standard InChI is InChI=1S/C25H30Cl2N2/c1-4-17(5-2)24-25(3,13-14-28)16-22(19-7-6-8-21(27)15-19)23(29-24)18-9-11-20(26)12-10-18/h6-12,15,17,22-24,29H,4-5,13,16H2,1-3H3/t22-,23-,24?,25+/m1/s1. The van der Waals surface area contributed by atoms with Crippen LogP contribution in [-0.4, -0.2) is 6.04 Å². The molecule has 3 rings (SSSR count). The zero-order valence-corrected chi connectivity index (χ0v) is 19.0. The van der Waals surface area contributed by atoms with Gasteiger partial charge in [0.2, 0.25) is 0 Å². The van der Waals surface area contributed by atoms with E-state index in [1.54, 1.807) is 0 Å². The second-order valence-electron chi connectivity index (χ2n) is 8.60. The molecule has 2 aromatic carbocycles. The van der Waals surface area contributed by atoms with Crippen molar-refractivity contribution >= 4 is 23.2 Å². The highest BCUT2D eigenvalue weighted by Gasteiger charge is 2.47. The van der Waals surface area contributed by atoms with Crippen molar-refractivity contribution in [2.45, 2.75) is 64.5 Å². The largest absolute Gasteiger partial charge is 0.306 e. The SMILES string of the molecule is CCC(CC)C1N[C@H](c2ccc(Cl)cc2)[C@@H](c2cccc(Cl)c2)C[C@]1(C)CC#N. The second kappa shape index (κ2) is 9.52. The highest BCUT2D eigenvalue weighted by Crippen LogP contribution is 2.51. The van der Waals surface area contributed by atoms with Crippen molar-refractivity contribution in [2.24, 2.45) is 11.3 Å². The molecule has 1 aliphatic rings. The Balaban J connectivity index is 2.08. The minimum Gasteiger partial charge on any atom is -0.306 e. The molecule has 0 amide bonds. The van der Waals surface area contributed by atoms with E-state index in [0.29, 0.717) is 12.3 Å². The Morgan fingerprint density at radius 1 is 1.07 bits per heavy atom. The van der Waals surface area contributed by atoms with Gasteiger partial charge in [-0.1, -0.05) is 81.1 Å². The molecule has 1 saturated heterocycles. The van der Waals surface area contributed by atoms with Crippen LogP contribution in [0.5, 0.6) is 0 Å². The number of hydrogen-bond acceptors (Lipinski definition) is 2. The highest BCUT2D eigenvalue weighted by atomic mass is 35.5. The van der Waals surface area contributed by atoms with Gasteiger partial charge in [0.05, 0.1) is 6.07 Å². The zero-order chi connectivity index (χ0) is 21.0. The summed E-state index contributed by atoms with van der Waals surface area (Å²) >= 11 is 12.5. The van der Waals surface area contributed by atoms with E-state index in [1.807, 2.05) is 24.3 Å². The van der Waals surface area contributed by atoms with Crippen LogP contribution < -0.4 is 5.32 Å². The number of nitrogens with zero attached hydrogens (tertiary/aromatic N) is 1. The number of piperidine rings is 1. The lowest BCUT2D eigenvalue weighted by Gasteiger charge is -2.51. The molecule has 0 aliphatic carbocycles. The van der Waals surface area contributed by atoms with Gasteiger partial charge in [0, 0.05) is 34.5 Å². The molecule has 0 bridgehead atoms. The van der Waals surface area contributed by atoms with E-state index in [1.165, 1.54) is 11.1 Å². The third kappa shape index (κ3) is 4.80. The number of halogens is 2. The molecule has 154 valence electrons. The van der Waals surface area contributed by atoms with E-state index < -0.39 is 0 Å². The Morgan fingerprint density at radius 3 is 2.34 bits per heavy atom. The van der Waals surface area contributed by atoms with E-state index in [4.69, 9.17) is 23.2 Å². The van der Waals surface area contributed by atoms with Gasteiger partial charge in [-0.3, -0.25) is 0 Å². The summed E-state index contributed by atoms with van der Waals surface area (Å²) < 4.78 is 0. The molecular formula is C25H30Cl2N2. The van der Waals surface area contributed by atoms with Crippen molar-refractivity contribution in [1.29, 1.82) is 5.26 Å². The van der Waals surface area contributed by atoms with Gasteiger partial charge in [0.15, 0.2) is 0 Å². The van der Waals surface area contributed by atoms with E-state index >= 15 is 0 Å². The average Bonchev–Trinajstić information content (AvgIpc) is 2.71.